The maximum Gasteiger partial charge on any atom is 0.263 e. The highest BCUT2D eigenvalue weighted by molar-refractivity contribution is 5.80. The van der Waals surface area contributed by atoms with Crippen molar-refractivity contribution in [2.75, 3.05) is 20.2 Å². The smallest absolute Gasteiger partial charge is 0.263 e. The quantitative estimate of drug-likeness (QED) is 0.869. The largest absolute Gasteiger partial charge is 0.481 e. The molecule has 1 atom stereocenters. The predicted molar refractivity (Wildman–Crippen MR) is 80.1 cm³/mol. The number of benzene rings is 1. The molecule has 1 aromatic carbocycles. The Labute approximate surface area is 121 Å². The van der Waals surface area contributed by atoms with Gasteiger partial charge in [-0.15, -0.1) is 0 Å². The number of carbonyl (C=O) groups excluding carboxylic acids is 1. The maximum atomic E-state index is 12.1. The molecule has 1 unspecified atom stereocenters. The summed E-state index contributed by atoms with van der Waals surface area (Å²) in [5.41, 5.74) is 2.20. The van der Waals surface area contributed by atoms with Crippen molar-refractivity contribution < 1.29 is 14.6 Å². The third-order valence-electron chi connectivity index (χ3n) is 3.25. The summed E-state index contributed by atoms with van der Waals surface area (Å²) in [5, 5.41) is 8.88. The summed E-state index contributed by atoms with van der Waals surface area (Å²) in [6.45, 7) is 8.21. The minimum absolute atomic E-state index is 0.0450. The Balaban J connectivity index is 2.87. The number of aryl methyl sites for hydroxylation is 1. The molecule has 1 N–H and O–H groups in total. The highest BCUT2D eigenvalue weighted by Gasteiger charge is 2.20. The van der Waals surface area contributed by atoms with Crippen LogP contribution in [-0.4, -0.2) is 42.2 Å². The second-order valence-electron chi connectivity index (χ2n) is 5.44. The summed E-state index contributed by atoms with van der Waals surface area (Å²) in [6.07, 6.45) is -0.564. The van der Waals surface area contributed by atoms with Crippen LogP contribution in [-0.2, 0) is 4.79 Å². The first-order chi connectivity index (χ1) is 9.36. The number of likely N-dealkylation sites (N-methyl/N-ethyl adjacent to an activating group) is 1. The third-order valence-corrected chi connectivity index (χ3v) is 3.25. The summed E-state index contributed by atoms with van der Waals surface area (Å²) in [7, 11) is 1.66. The highest BCUT2D eigenvalue weighted by atomic mass is 16.5. The number of ether oxygens (including phenoxy) is 1. The van der Waals surface area contributed by atoms with Crippen molar-refractivity contribution in [3.05, 3.63) is 29.3 Å². The van der Waals surface area contributed by atoms with Crippen LogP contribution >= 0.6 is 0 Å². The Kier molecular flexibility index (Phi) is 6.02. The van der Waals surface area contributed by atoms with Gasteiger partial charge in [0.05, 0.1) is 6.61 Å². The molecule has 1 amide bonds. The molecular formula is C16H25NO3. The molecule has 0 spiro atoms. The fourth-order valence-corrected chi connectivity index (χ4v) is 2.03. The first-order valence-corrected chi connectivity index (χ1v) is 6.99. The van der Waals surface area contributed by atoms with Crippen LogP contribution in [0.15, 0.2) is 18.2 Å². The summed E-state index contributed by atoms with van der Waals surface area (Å²) < 4.78 is 5.84. The highest BCUT2D eigenvalue weighted by Crippen LogP contribution is 2.28. The number of hydrogen-bond acceptors (Lipinski definition) is 3. The van der Waals surface area contributed by atoms with Gasteiger partial charge in [-0.1, -0.05) is 26.0 Å². The lowest BCUT2D eigenvalue weighted by Gasteiger charge is -2.23. The van der Waals surface area contributed by atoms with Crippen LogP contribution in [0, 0.1) is 6.92 Å². The average Bonchev–Trinajstić information content (AvgIpc) is 2.37. The molecule has 0 aromatic heterocycles. The van der Waals surface area contributed by atoms with Gasteiger partial charge in [-0.3, -0.25) is 4.79 Å². The van der Waals surface area contributed by atoms with Gasteiger partial charge in [0.25, 0.3) is 5.91 Å². The molecule has 0 aliphatic rings. The van der Waals surface area contributed by atoms with Gasteiger partial charge in [-0.05, 0) is 37.0 Å². The summed E-state index contributed by atoms with van der Waals surface area (Å²) in [5.74, 6) is 0.969. The van der Waals surface area contributed by atoms with Gasteiger partial charge in [0, 0.05) is 13.6 Å². The zero-order valence-electron chi connectivity index (χ0n) is 13.0. The van der Waals surface area contributed by atoms with Crippen molar-refractivity contribution >= 4 is 5.91 Å². The van der Waals surface area contributed by atoms with Gasteiger partial charge in [-0.2, -0.15) is 0 Å². The number of aliphatic hydroxyl groups excluding tert-OH is 1. The van der Waals surface area contributed by atoms with Crippen molar-refractivity contribution in [2.24, 2.45) is 0 Å². The molecule has 4 nitrogen and oxygen atoms in total. The van der Waals surface area contributed by atoms with Gasteiger partial charge >= 0.3 is 0 Å². The van der Waals surface area contributed by atoms with Crippen molar-refractivity contribution in [1.29, 1.82) is 0 Å². The van der Waals surface area contributed by atoms with Crippen molar-refractivity contribution in [3.8, 4) is 5.75 Å². The van der Waals surface area contributed by atoms with Crippen LogP contribution in [0.4, 0.5) is 0 Å². The zero-order chi connectivity index (χ0) is 15.3. The summed E-state index contributed by atoms with van der Waals surface area (Å²) >= 11 is 0. The van der Waals surface area contributed by atoms with Crippen LogP contribution in [0.1, 0.15) is 37.8 Å². The normalized spacial score (nSPS) is 12.3. The molecular weight excluding hydrogens is 254 g/mol. The second-order valence-corrected chi connectivity index (χ2v) is 5.44. The molecule has 4 heteroatoms. The van der Waals surface area contributed by atoms with E-state index in [4.69, 9.17) is 9.84 Å². The van der Waals surface area contributed by atoms with E-state index in [-0.39, 0.29) is 12.5 Å². The van der Waals surface area contributed by atoms with E-state index in [0.29, 0.717) is 12.5 Å². The average molecular weight is 279 g/mol. The Morgan fingerprint density at radius 2 is 2.00 bits per heavy atom. The number of amides is 1. The van der Waals surface area contributed by atoms with E-state index in [0.717, 1.165) is 16.9 Å². The third kappa shape index (κ3) is 4.23. The van der Waals surface area contributed by atoms with Crippen LogP contribution in [0.5, 0.6) is 5.75 Å². The van der Waals surface area contributed by atoms with E-state index in [2.05, 4.69) is 13.8 Å². The standard InChI is InChI=1S/C16H25NO3/c1-11(2)14-7-6-12(3)10-15(14)20-13(4)16(19)17(5)8-9-18/h6-7,10-11,13,18H,8-9H2,1-5H3. The molecule has 0 saturated carbocycles. The van der Waals surface area contributed by atoms with Crippen LogP contribution in [0.3, 0.4) is 0 Å². The lowest BCUT2D eigenvalue weighted by molar-refractivity contribution is -0.137. The Bertz CT molecular complexity index is 457. The molecule has 112 valence electrons. The van der Waals surface area contributed by atoms with Crippen molar-refractivity contribution in [1.82, 2.24) is 4.90 Å². The minimum atomic E-state index is -0.564. The number of nitrogens with zero attached hydrogens (tertiary/aromatic N) is 1. The fraction of sp³-hybridized carbons (Fsp3) is 0.562. The first-order valence-electron chi connectivity index (χ1n) is 6.99. The van der Waals surface area contributed by atoms with Gasteiger partial charge in [0.15, 0.2) is 6.10 Å². The van der Waals surface area contributed by atoms with Gasteiger partial charge in [-0.25, -0.2) is 0 Å². The zero-order valence-corrected chi connectivity index (χ0v) is 13.0. The molecule has 0 radical (unpaired) electrons. The number of aliphatic hydroxyl groups is 1. The maximum absolute atomic E-state index is 12.1. The van der Waals surface area contributed by atoms with Gasteiger partial charge < -0.3 is 14.7 Å². The van der Waals surface area contributed by atoms with Crippen molar-refractivity contribution in [2.45, 2.75) is 39.7 Å². The van der Waals surface area contributed by atoms with Crippen LogP contribution in [0.25, 0.3) is 0 Å². The monoisotopic (exact) mass is 279 g/mol. The van der Waals surface area contributed by atoms with Crippen LogP contribution in [0.2, 0.25) is 0 Å². The predicted octanol–water partition coefficient (Wildman–Crippen LogP) is 2.34. The summed E-state index contributed by atoms with van der Waals surface area (Å²) in [6, 6.07) is 6.06. The molecule has 0 fully saturated rings. The molecule has 20 heavy (non-hydrogen) atoms. The Morgan fingerprint density at radius 3 is 2.55 bits per heavy atom. The van der Waals surface area contributed by atoms with Gasteiger partial charge in [0.2, 0.25) is 0 Å². The molecule has 0 heterocycles. The second kappa shape index (κ2) is 7.29. The lowest BCUT2D eigenvalue weighted by Crippen LogP contribution is -2.39. The van der Waals surface area contributed by atoms with E-state index in [1.165, 1.54) is 4.90 Å². The molecule has 0 aliphatic carbocycles. The molecule has 0 saturated heterocycles. The minimum Gasteiger partial charge on any atom is -0.481 e. The number of hydrogen-bond donors (Lipinski definition) is 1. The SMILES string of the molecule is Cc1ccc(C(C)C)c(OC(C)C(=O)N(C)CCO)c1. The molecule has 1 aromatic rings. The van der Waals surface area contributed by atoms with E-state index in [1.54, 1.807) is 14.0 Å². The van der Waals surface area contributed by atoms with E-state index in [9.17, 15) is 4.79 Å². The van der Waals surface area contributed by atoms with E-state index < -0.39 is 6.10 Å². The summed E-state index contributed by atoms with van der Waals surface area (Å²) in [4.78, 5) is 13.6. The topological polar surface area (TPSA) is 49.8 Å². The van der Waals surface area contributed by atoms with E-state index in [1.807, 2.05) is 25.1 Å². The number of rotatable bonds is 6. The van der Waals surface area contributed by atoms with Crippen molar-refractivity contribution in [3.63, 3.8) is 0 Å². The molecule has 1 rings (SSSR count). The van der Waals surface area contributed by atoms with Crippen LogP contribution < -0.4 is 4.74 Å². The van der Waals surface area contributed by atoms with Gasteiger partial charge in [0.1, 0.15) is 5.75 Å². The first kappa shape index (κ1) is 16.5. The van der Waals surface area contributed by atoms with E-state index >= 15 is 0 Å². The Morgan fingerprint density at radius 1 is 1.35 bits per heavy atom. The fourth-order valence-electron chi connectivity index (χ4n) is 2.03. The Hall–Kier alpha value is -1.55. The number of carbonyl (C=O) groups is 1. The molecule has 0 aliphatic heterocycles. The molecule has 0 bridgehead atoms. The lowest BCUT2D eigenvalue weighted by atomic mass is 10.0.